The first-order chi connectivity index (χ1) is 20.1. The first-order valence-corrected chi connectivity index (χ1v) is 15.8. The van der Waals surface area contributed by atoms with Crippen LogP contribution in [0.3, 0.4) is 0 Å². The zero-order chi connectivity index (χ0) is 29.7. The van der Waals surface area contributed by atoms with Crippen molar-refractivity contribution in [3.8, 4) is 5.69 Å². The SMILES string of the molecule is Cc1c(C2C(c3ccccn3)NC(=S)N2c2ccc(N3CC(C)CC(C)C3)c(Cl)c2)c(C)n(-c2cccc(Cl)c2)c1C. The molecule has 0 radical (unpaired) electrons. The molecule has 4 heterocycles. The molecular formula is C34H37Cl2N5S. The predicted octanol–water partition coefficient (Wildman–Crippen LogP) is 8.76. The van der Waals surface area contributed by atoms with Crippen molar-refractivity contribution in [3.05, 3.63) is 105 Å². The number of halogens is 2. The first-order valence-electron chi connectivity index (χ1n) is 14.6. The Morgan fingerprint density at radius 2 is 1.64 bits per heavy atom. The van der Waals surface area contributed by atoms with Crippen LogP contribution in [0.15, 0.2) is 66.9 Å². The van der Waals surface area contributed by atoms with Gasteiger partial charge in [-0.1, -0.05) is 49.2 Å². The zero-order valence-corrected chi connectivity index (χ0v) is 27.1. The summed E-state index contributed by atoms with van der Waals surface area (Å²) in [5.74, 6) is 1.28. The van der Waals surface area contributed by atoms with E-state index in [1.165, 1.54) is 23.2 Å². The van der Waals surface area contributed by atoms with Crippen molar-refractivity contribution in [1.82, 2.24) is 14.9 Å². The average molecular weight is 619 g/mol. The number of thiocarbonyl (C=S) groups is 1. The van der Waals surface area contributed by atoms with Crippen LogP contribution in [0.4, 0.5) is 11.4 Å². The molecule has 2 aromatic carbocycles. The van der Waals surface area contributed by atoms with E-state index >= 15 is 0 Å². The van der Waals surface area contributed by atoms with Gasteiger partial charge in [0.1, 0.15) is 0 Å². The molecule has 0 spiro atoms. The van der Waals surface area contributed by atoms with Gasteiger partial charge < -0.3 is 19.7 Å². The van der Waals surface area contributed by atoms with E-state index in [9.17, 15) is 0 Å². The van der Waals surface area contributed by atoms with Crippen LogP contribution in [0.1, 0.15) is 60.6 Å². The van der Waals surface area contributed by atoms with E-state index in [4.69, 9.17) is 40.4 Å². The largest absolute Gasteiger partial charge is 0.370 e. The van der Waals surface area contributed by atoms with Crippen LogP contribution in [-0.2, 0) is 0 Å². The smallest absolute Gasteiger partial charge is 0.174 e. The number of nitrogens with zero attached hydrogens (tertiary/aromatic N) is 4. The highest BCUT2D eigenvalue weighted by Gasteiger charge is 2.43. The second kappa shape index (κ2) is 11.6. The van der Waals surface area contributed by atoms with Gasteiger partial charge in [-0.3, -0.25) is 4.98 Å². The number of hydrogen-bond acceptors (Lipinski definition) is 3. The average Bonchev–Trinajstić information content (AvgIpc) is 3.40. The van der Waals surface area contributed by atoms with Crippen molar-refractivity contribution in [2.24, 2.45) is 11.8 Å². The van der Waals surface area contributed by atoms with Crippen molar-refractivity contribution >= 4 is 51.9 Å². The highest BCUT2D eigenvalue weighted by atomic mass is 35.5. The summed E-state index contributed by atoms with van der Waals surface area (Å²) >= 11 is 19.5. The van der Waals surface area contributed by atoms with Gasteiger partial charge in [0.2, 0.25) is 0 Å². The third-order valence-corrected chi connectivity index (χ3v) is 9.74. The molecule has 2 aliphatic heterocycles. The minimum Gasteiger partial charge on any atom is -0.370 e. The van der Waals surface area contributed by atoms with Gasteiger partial charge in [0, 0.05) is 52.6 Å². The molecule has 5 nitrogen and oxygen atoms in total. The Morgan fingerprint density at radius 1 is 0.881 bits per heavy atom. The van der Waals surface area contributed by atoms with Gasteiger partial charge in [0.15, 0.2) is 5.11 Å². The zero-order valence-electron chi connectivity index (χ0n) is 24.7. The maximum atomic E-state index is 7.06. The quantitative estimate of drug-likeness (QED) is 0.226. The molecule has 218 valence electrons. The Morgan fingerprint density at radius 3 is 2.31 bits per heavy atom. The number of aromatic nitrogens is 2. The molecule has 4 atom stereocenters. The fraction of sp³-hybridized carbons (Fsp3) is 0.353. The lowest BCUT2D eigenvalue weighted by molar-refractivity contribution is 0.357. The van der Waals surface area contributed by atoms with Gasteiger partial charge in [-0.2, -0.15) is 0 Å². The van der Waals surface area contributed by atoms with Crippen LogP contribution in [0.25, 0.3) is 5.69 Å². The number of pyridine rings is 1. The van der Waals surface area contributed by atoms with Crippen molar-refractivity contribution in [2.45, 2.75) is 53.1 Å². The summed E-state index contributed by atoms with van der Waals surface area (Å²) in [6, 6.07) is 20.2. The Bertz CT molecular complexity index is 1620. The molecular weight excluding hydrogens is 581 g/mol. The summed E-state index contributed by atoms with van der Waals surface area (Å²) in [5.41, 5.74) is 8.79. The Labute approximate surface area is 264 Å². The van der Waals surface area contributed by atoms with Gasteiger partial charge in [-0.25, -0.2) is 0 Å². The molecule has 2 aliphatic rings. The van der Waals surface area contributed by atoms with Crippen LogP contribution >= 0.6 is 35.4 Å². The molecule has 4 unspecified atom stereocenters. The standard InChI is InChI=1S/C34H37Cl2N5S/c1-20-15-21(2)19-39(18-20)30-13-12-27(17-28(30)36)41-33(32(38-34(41)42)29-11-6-7-14-37-29)31-22(3)23(4)40(24(31)5)26-10-8-9-25(35)16-26/h6-14,16-17,20-21,32-33H,15,18-19H2,1-5H3,(H,38,42). The minimum absolute atomic E-state index is 0.136. The molecule has 1 N–H and O–H groups in total. The van der Waals surface area contributed by atoms with Crippen molar-refractivity contribution in [2.75, 3.05) is 22.9 Å². The number of hydrogen-bond donors (Lipinski definition) is 1. The molecule has 0 bridgehead atoms. The second-order valence-electron chi connectivity index (χ2n) is 12.0. The second-order valence-corrected chi connectivity index (χ2v) is 13.2. The van der Waals surface area contributed by atoms with Gasteiger partial charge in [0.25, 0.3) is 0 Å². The fourth-order valence-electron chi connectivity index (χ4n) is 7.13. The Hall–Kier alpha value is -3.06. The van der Waals surface area contributed by atoms with E-state index in [2.05, 4.69) is 84.6 Å². The lowest BCUT2D eigenvalue weighted by atomic mass is 9.91. The molecule has 8 heteroatoms. The van der Waals surface area contributed by atoms with Crippen LogP contribution in [-0.4, -0.2) is 27.8 Å². The fourth-order valence-corrected chi connectivity index (χ4v) is 7.96. The molecule has 4 aromatic rings. The molecule has 6 rings (SSSR count). The highest BCUT2D eigenvalue weighted by Crippen LogP contribution is 2.46. The van der Waals surface area contributed by atoms with Gasteiger partial charge >= 0.3 is 0 Å². The Balaban J connectivity index is 1.47. The van der Waals surface area contributed by atoms with E-state index in [1.54, 1.807) is 0 Å². The van der Waals surface area contributed by atoms with E-state index in [1.807, 2.05) is 36.5 Å². The van der Waals surface area contributed by atoms with Gasteiger partial charge in [0.05, 0.1) is 28.5 Å². The topological polar surface area (TPSA) is 36.3 Å². The monoisotopic (exact) mass is 617 g/mol. The lowest BCUT2D eigenvalue weighted by Crippen LogP contribution is -2.38. The first kappa shape index (κ1) is 29.0. The van der Waals surface area contributed by atoms with Crippen molar-refractivity contribution < 1.29 is 0 Å². The van der Waals surface area contributed by atoms with E-state index in [-0.39, 0.29) is 12.1 Å². The Kier molecular flexibility index (Phi) is 7.99. The molecule has 0 saturated carbocycles. The van der Waals surface area contributed by atoms with Crippen LogP contribution in [0.5, 0.6) is 0 Å². The van der Waals surface area contributed by atoms with Gasteiger partial charge in [-0.15, -0.1) is 0 Å². The van der Waals surface area contributed by atoms with Crippen LogP contribution < -0.4 is 15.1 Å². The summed E-state index contributed by atoms with van der Waals surface area (Å²) in [5, 5.41) is 5.74. The van der Waals surface area contributed by atoms with E-state index in [0.29, 0.717) is 22.0 Å². The molecule has 2 saturated heterocycles. The summed E-state index contributed by atoms with van der Waals surface area (Å²) in [6.45, 7) is 13.2. The van der Waals surface area contributed by atoms with E-state index in [0.717, 1.165) is 46.6 Å². The summed E-state index contributed by atoms with van der Waals surface area (Å²) < 4.78 is 2.29. The molecule has 0 aliphatic carbocycles. The third kappa shape index (κ3) is 5.18. The summed E-state index contributed by atoms with van der Waals surface area (Å²) in [6.07, 6.45) is 3.09. The number of anilines is 2. The van der Waals surface area contributed by atoms with Crippen LogP contribution in [0.2, 0.25) is 10.0 Å². The molecule has 42 heavy (non-hydrogen) atoms. The number of piperidine rings is 1. The van der Waals surface area contributed by atoms with Crippen LogP contribution in [0, 0.1) is 32.6 Å². The predicted molar refractivity (Wildman–Crippen MR) is 180 cm³/mol. The molecule has 2 fully saturated rings. The van der Waals surface area contributed by atoms with Crippen molar-refractivity contribution in [3.63, 3.8) is 0 Å². The third-order valence-electron chi connectivity index (χ3n) is 8.89. The van der Waals surface area contributed by atoms with Crippen molar-refractivity contribution in [1.29, 1.82) is 0 Å². The van der Waals surface area contributed by atoms with E-state index < -0.39 is 0 Å². The molecule has 2 aromatic heterocycles. The number of rotatable bonds is 5. The normalized spacial score (nSPS) is 22.5. The maximum absolute atomic E-state index is 7.06. The number of benzene rings is 2. The lowest BCUT2D eigenvalue weighted by Gasteiger charge is -2.37. The number of nitrogens with one attached hydrogen (secondary N) is 1. The maximum Gasteiger partial charge on any atom is 0.174 e. The minimum atomic E-state index is -0.145. The summed E-state index contributed by atoms with van der Waals surface area (Å²) in [7, 11) is 0. The highest BCUT2D eigenvalue weighted by molar-refractivity contribution is 7.80. The summed E-state index contributed by atoms with van der Waals surface area (Å²) in [4.78, 5) is 9.42. The van der Waals surface area contributed by atoms with Gasteiger partial charge in [-0.05, 0) is 105 Å². The molecule has 0 amide bonds.